The first-order chi connectivity index (χ1) is 13.4. The Labute approximate surface area is 168 Å². The van der Waals surface area contributed by atoms with Crippen molar-refractivity contribution < 1.29 is 17.2 Å². The molecule has 0 unspecified atom stereocenters. The lowest BCUT2D eigenvalue weighted by Gasteiger charge is -2.18. The maximum Gasteiger partial charge on any atom is 0.397 e. The molecule has 1 N–H and O–H groups in total. The van der Waals surface area contributed by atoms with Crippen LogP contribution in [0.3, 0.4) is 0 Å². The van der Waals surface area contributed by atoms with Crippen molar-refractivity contribution in [1.82, 2.24) is 4.98 Å². The van der Waals surface area contributed by atoms with Crippen molar-refractivity contribution >= 4 is 48.5 Å². The van der Waals surface area contributed by atoms with Crippen LogP contribution in [0, 0.1) is 0 Å². The van der Waals surface area contributed by atoms with Gasteiger partial charge in [0.1, 0.15) is 0 Å². The van der Waals surface area contributed by atoms with Crippen LogP contribution >= 0.6 is 11.3 Å². The van der Waals surface area contributed by atoms with Gasteiger partial charge in [-0.15, -0.1) is 10.2 Å². The second-order valence-corrected chi connectivity index (χ2v) is 7.45. The Morgan fingerprint density at radius 1 is 1.11 bits per heavy atom. The number of azo groups is 1. The second-order valence-electron chi connectivity index (χ2n) is 5.35. The highest BCUT2D eigenvalue weighted by Crippen LogP contribution is 2.29. The highest BCUT2D eigenvalue weighted by Gasteiger charge is 2.06. The Morgan fingerprint density at radius 3 is 2.43 bits per heavy atom. The van der Waals surface area contributed by atoms with E-state index in [1.807, 2.05) is 50.2 Å². The van der Waals surface area contributed by atoms with Crippen LogP contribution < -0.4 is 4.90 Å². The lowest BCUT2D eigenvalue weighted by molar-refractivity contribution is 0.274. The molecule has 0 atom stereocenters. The molecule has 0 aliphatic carbocycles. The zero-order valence-electron chi connectivity index (χ0n) is 15.8. The van der Waals surface area contributed by atoms with Gasteiger partial charge in [0.05, 0.1) is 22.5 Å². The van der Waals surface area contributed by atoms with Crippen LogP contribution in [0.25, 0.3) is 10.2 Å². The van der Waals surface area contributed by atoms with E-state index in [0.29, 0.717) is 17.4 Å². The molecular weight excluding hydrogens is 400 g/mol. The van der Waals surface area contributed by atoms with Crippen LogP contribution in [0.15, 0.2) is 58.8 Å². The Morgan fingerprint density at radius 2 is 1.79 bits per heavy atom. The summed E-state index contributed by atoms with van der Waals surface area (Å²) < 4.78 is 35.0. The van der Waals surface area contributed by atoms with Gasteiger partial charge in [-0.25, -0.2) is 9.17 Å². The Kier molecular flexibility index (Phi) is 8.00. The van der Waals surface area contributed by atoms with E-state index in [1.54, 1.807) is 24.1 Å². The van der Waals surface area contributed by atoms with E-state index in [4.69, 9.17) is 4.55 Å². The fourth-order valence-corrected chi connectivity index (χ4v) is 3.26. The molecule has 8 nitrogen and oxygen atoms in total. The van der Waals surface area contributed by atoms with Crippen molar-refractivity contribution in [3.63, 3.8) is 0 Å². The number of anilines is 1. The number of hydrogen-bond acceptors (Lipinski definition) is 8. The third kappa shape index (κ3) is 6.64. The predicted octanol–water partition coefficient (Wildman–Crippen LogP) is 4.99. The normalized spacial score (nSPS) is 11.4. The maximum atomic E-state index is 10.5. The van der Waals surface area contributed by atoms with E-state index in [0.717, 1.165) is 15.9 Å². The van der Waals surface area contributed by atoms with Crippen LogP contribution in [0.4, 0.5) is 16.5 Å². The molecule has 10 heteroatoms. The molecule has 0 spiro atoms. The van der Waals surface area contributed by atoms with Crippen LogP contribution in [-0.4, -0.2) is 38.2 Å². The quantitative estimate of drug-likeness (QED) is 0.425. The molecular formula is C18H22N4O4S2. The first-order valence-corrected chi connectivity index (χ1v) is 10.8. The zero-order valence-corrected chi connectivity index (χ0v) is 17.4. The first kappa shape index (κ1) is 21.9. The molecule has 0 aliphatic rings. The number of rotatable bonds is 7. The van der Waals surface area contributed by atoms with Crippen molar-refractivity contribution in [2.45, 2.75) is 13.8 Å². The summed E-state index contributed by atoms with van der Waals surface area (Å²) in [7, 11) is -2.63. The number of benzene rings is 2. The number of para-hydroxylation sites is 1. The molecule has 0 saturated carbocycles. The summed E-state index contributed by atoms with van der Waals surface area (Å²) in [5.41, 5.74) is 2.43. The minimum absolute atomic E-state index is 0.144. The molecule has 0 fully saturated rings. The minimum atomic E-state index is -4.41. The Balaban J connectivity index is 0.00000136. The monoisotopic (exact) mass is 422 g/mol. The highest BCUT2D eigenvalue weighted by atomic mass is 32.3. The number of nitrogens with zero attached hydrogens (tertiary/aromatic N) is 4. The molecule has 0 amide bonds. The average Bonchev–Trinajstić information content (AvgIpc) is 3.10. The fraction of sp³-hybridized carbons (Fsp3) is 0.278. The summed E-state index contributed by atoms with van der Waals surface area (Å²) >= 11 is 1.47. The van der Waals surface area contributed by atoms with Gasteiger partial charge in [-0.05, 0) is 36.4 Å². The SMILES string of the molecule is CC.CN(CCOS(=O)(=O)O)c1ccc(N=Nc2nc3ccccc3s2)cc1. The molecule has 28 heavy (non-hydrogen) atoms. The van der Waals surface area contributed by atoms with Crippen molar-refractivity contribution in [3.8, 4) is 0 Å². The molecule has 2 aromatic carbocycles. The smallest absolute Gasteiger partial charge is 0.372 e. The van der Waals surface area contributed by atoms with Gasteiger partial charge in [-0.1, -0.05) is 37.3 Å². The summed E-state index contributed by atoms with van der Waals surface area (Å²) in [6.45, 7) is 4.15. The number of fused-ring (bicyclic) bond motifs is 1. The van der Waals surface area contributed by atoms with Crippen molar-refractivity contribution in [3.05, 3.63) is 48.5 Å². The van der Waals surface area contributed by atoms with E-state index in [1.165, 1.54) is 11.3 Å². The van der Waals surface area contributed by atoms with Gasteiger partial charge in [0.2, 0.25) is 5.13 Å². The van der Waals surface area contributed by atoms with Gasteiger partial charge in [-0.3, -0.25) is 4.55 Å². The summed E-state index contributed by atoms with van der Waals surface area (Å²) in [5, 5.41) is 8.95. The second kappa shape index (κ2) is 10.2. The van der Waals surface area contributed by atoms with Crippen LogP contribution in [0.1, 0.15) is 13.8 Å². The minimum Gasteiger partial charge on any atom is -0.372 e. The molecule has 0 aliphatic heterocycles. The lowest BCUT2D eigenvalue weighted by atomic mass is 10.2. The van der Waals surface area contributed by atoms with Crippen molar-refractivity contribution in [2.24, 2.45) is 10.2 Å². The fourth-order valence-electron chi connectivity index (χ4n) is 2.19. The average molecular weight is 423 g/mol. The molecule has 0 bridgehead atoms. The van der Waals surface area contributed by atoms with E-state index in [9.17, 15) is 8.42 Å². The van der Waals surface area contributed by atoms with E-state index in [2.05, 4.69) is 19.4 Å². The molecule has 3 aromatic rings. The number of thiazole rings is 1. The van der Waals surface area contributed by atoms with Crippen LogP contribution in [-0.2, 0) is 14.6 Å². The van der Waals surface area contributed by atoms with E-state index < -0.39 is 10.4 Å². The van der Waals surface area contributed by atoms with E-state index in [-0.39, 0.29) is 6.61 Å². The first-order valence-electron chi connectivity index (χ1n) is 8.61. The molecule has 1 aromatic heterocycles. The Hall–Kier alpha value is -2.40. The molecule has 150 valence electrons. The summed E-state index contributed by atoms with van der Waals surface area (Å²) in [6.07, 6.45) is 0. The highest BCUT2D eigenvalue weighted by molar-refractivity contribution is 7.80. The number of likely N-dealkylation sites (N-methyl/N-ethyl adjacent to an activating group) is 1. The van der Waals surface area contributed by atoms with Gasteiger partial charge < -0.3 is 4.90 Å². The van der Waals surface area contributed by atoms with Gasteiger partial charge >= 0.3 is 10.4 Å². The zero-order chi connectivity index (χ0) is 20.6. The molecule has 1 heterocycles. The van der Waals surface area contributed by atoms with Crippen LogP contribution in [0.2, 0.25) is 0 Å². The van der Waals surface area contributed by atoms with Gasteiger partial charge in [0.25, 0.3) is 0 Å². The standard InChI is InChI=1S/C16H16N4O4S2.C2H6/c1-20(10-11-24-26(21,22)23)13-8-6-12(7-9-13)18-19-16-17-14-4-2-3-5-15(14)25-16;1-2/h2-9H,10-11H2,1H3,(H,21,22,23);1-2H3. The third-order valence-corrected chi connectivity index (χ3v) is 4.87. The molecule has 3 rings (SSSR count). The Bertz CT molecular complexity index is 985. The lowest BCUT2D eigenvalue weighted by Crippen LogP contribution is -2.23. The van der Waals surface area contributed by atoms with Gasteiger partial charge in [-0.2, -0.15) is 8.42 Å². The largest absolute Gasteiger partial charge is 0.397 e. The van der Waals surface area contributed by atoms with Gasteiger partial charge in [0.15, 0.2) is 0 Å². The summed E-state index contributed by atoms with van der Waals surface area (Å²) in [6, 6.07) is 15.1. The maximum absolute atomic E-state index is 10.5. The van der Waals surface area contributed by atoms with Crippen molar-refractivity contribution in [2.75, 3.05) is 25.1 Å². The van der Waals surface area contributed by atoms with Crippen molar-refractivity contribution in [1.29, 1.82) is 0 Å². The number of hydrogen-bond donors (Lipinski definition) is 1. The molecule has 0 saturated heterocycles. The van der Waals surface area contributed by atoms with Gasteiger partial charge in [0, 0.05) is 19.3 Å². The third-order valence-electron chi connectivity index (χ3n) is 3.48. The summed E-state index contributed by atoms with van der Waals surface area (Å²) in [4.78, 5) is 6.18. The predicted molar refractivity (Wildman–Crippen MR) is 112 cm³/mol. The topological polar surface area (TPSA) is 104 Å². The summed E-state index contributed by atoms with van der Waals surface area (Å²) in [5.74, 6) is 0. The van der Waals surface area contributed by atoms with Crippen LogP contribution in [0.5, 0.6) is 0 Å². The van der Waals surface area contributed by atoms with E-state index >= 15 is 0 Å². The number of aromatic nitrogens is 1. The molecule has 0 radical (unpaired) electrons.